The monoisotopic (exact) mass is 361 g/mol. The summed E-state index contributed by atoms with van der Waals surface area (Å²) in [6, 6.07) is 6.95. The summed E-state index contributed by atoms with van der Waals surface area (Å²) < 4.78 is 1.52. The van der Waals surface area contributed by atoms with Crippen molar-refractivity contribution >= 4 is 23.5 Å². The molecule has 1 unspecified atom stereocenters. The second kappa shape index (κ2) is 6.88. The zero-order valence-corrected chi connectivity index (χ0v) is 15.0. The summed E-state index contributed by atoms with van der Waals surface area (Å²) in [4.78, 5) is 25.9. The fourth-order valence-electron chi connectivity index (χ4n) is 3.37. The molecule has 1 fully saturated rings. The molecule has 0 bridgehead atoms. The number of piperidine rings is 1. The number of rotatable bonds is 3. The van der Waals surface area contributed by atoms with Gasteiger partial charge in [0.2, 0.25) is 0 Å². The standard InChI is InChI=1S/C18H20ClN3O3/c1-11-15(19)16(21(2)20-11)17(23)22-8-4-7-14(10-22)12-5-3-6-13(9-12)18(24)25/h3,5-6,9,14H,4,7-8,10H2,1-2H3,(H,24,25). The molecule has 1 saturated heterocycles. The SMILES string of the molecule is Cc1nn(C)c(C(=O)N2CCCC(c3cccc(C(=O)O)c3)C2)c1Cl. The summed E-state index contributed by atoms with van der Waals surface area (Å²) in [5.74, 6) is -0.958. The average Bonchev–Trinajstić information content (AvgIpc) is 2.86. The third-order valence-corrected chi connectivity index (χ3v) is 5.12. The van der Waals surface area contributed by atoms with Crippen molar-refractivity contribution in [1.82, 2.24) is 14.7 Å². The fourth-order valence-corrected chi connectivity index (χ4v) is 3.61. The normalized spacial score (nSPS) is 17.6. The molecule has 25 heavy (non-hydrogen) atoms. The lowest BCUT2D eigenvalue weighted by Crippen LogP contribution is -2.40. The molecule has 7 heteroatoms. The van der Waals surface area contributed by atoms with Crippen LogP contribution in [0, 0.1) is 6.92 Å². The van der Waals surface area contributed by atoms with E-state index in [2.05, 4.69) is 5.10 Å². The van der Waals surface area contributed by atoms with Crippen LogP contribution in [0.4, 0.5) is 0 Å². The number of aromatic carboxylic acids is 1. The molecule has 2 heterocycles. The maximum Gasteiger partial charge on any atom is 0.335 e. The van der Waals surface area contributed by atoms with Gasteiger partial charge in [-0.3, -0.25) is 9.48 Å². The molecule has 0 radical (unpaired) electrons. The van der Waals surface area contributed by atoms with Crippen LogP contribution in [0.5, 0.6) is 0 Å². The molecule has 0 saturated carbocycles. The van der Waals surface area contributed by atoms with Gasteiger partial charge in [-0.1, -0.05) is 23.7 Å². The molecule has 1 aliphatic heterocycles. The number of hydrogen-bond donors (Lipinski definition) is 1. The Hall–Kier alpha value is -2.34. The van der Waals surface area contributed by atoms with Crippen LogP contribution in [0.3, 0.4) is 0 Å². The molecule has 1 aromatic carbocycles. The molecule has 2 aromatic rings. The molecule has 1 atom stereocenters. The molecule has 6 nitrogen and oxygen atoms in total. The number of nitrogens with zero attached hydrogens (tertiary/aromatic N) is 3. The van der Waals surface area contributed by atoms with Crippen molar-refractivity contribution in [2.24, 2.45) is 7.05 Å². The van der Waals surface area contributed by atoms with Crippen molar-refractivity contribution in [2.75, 3.05) is 13.1 Å². The van der Waals surface area contributed by atoms with Crippen LogP contribution in [-0.2, 0) is 7.05 Å². The third-order valence-electron chi connectivity index (χ3n) is 4.67. The van der Waals surface area contributed by atoms with E-state index < -0.39 is 5.97 Å². The maximum atomic E-state index is 12.9. The number of carboxylic acids is 1. The molecule has 1 aromatic heterocycles. The molecule has 1 aliphatic rings. The minimum absolute atomic E-state index is 0.116. The number of hydrogen-bond acceptors (Lipinski definition) is 3. The molecule has 3 rings (SSSR count). The quantitative estimate of drug-likeness (QED) is 0.911. The Balaban J connectivity index is 1.82. The molecule has 1 amide bonds. The number of aromatic nitrogens is 2. The van der Waals surface area contributed by atoms with E-state index in [4.69, 9.17) is 11.6 Å². The first-order chi connectivity index (χ1) is 11.9. The highest BCUT2D eigenvalue weighted by Gasteiger charge is 2.29. The van der Waals surface area contributed by atoms with Crippen molar-refractivity contribution in [1.29, 1.82) is 0 Å². The highest BCUT2D eigenvalue weighted by atomic mass is 35.5. The van der Waals surface area contributed by atoms with E-state index >= 15 is 0 Å². The van der Waals surface area contributed by atoms with Crippen LogP contribution in [0.25, 0.3) is 0 Å². The lowest BCUT2D eigenvalue weighted by Gasteiger charge is -2.33. The van der Waals surface area contributed by atoms with E-state index in [-0.39, 0.29) is 17.4 Å². The van der Waals surface area contributed by atoms with Crippen LogP contribution in [-0.4, -0.2) is 44.8 Å². The van der Waals surface area contributed by atoms with Gasteiger partial charge < -0.3 is 10.0 Å². The van der Waals surface area contributed by atoms with Gasteiger partial charge in [0.15, 0.2) is 0 Å². The second-order valence-corrected chi connectivity index (χ2v) is 6.77. The van der Waals surface area contributed by atoms with Crippen LogP contribution in [0.2, 0.25) is 5.02 Å². The first-order valence-electron chi connectivity index (χ1n) is 8.20. The lowest BCUT2D eigenvalue weighted by atomic mass is 9.89. The van der Waals surface area contributed by atoms with Gasteiger partial charge in [0, 0.05) is 26.1 Å². The van der Waals surface area contributed by atoms with Crippen molar-refractivity contribution in [3.05, 3.63) is 51.8 Å². The van der Waals surface area contributed by atoms with Gasteiger partial charge in [0.1, 0.15) is 5.69 Å². The number of carboxylic acid groups (broad SMARTS) is 1. The Bertz CT molecular complexity index is 831. The van der Waals surface area contributed by atoms with E-state index in [1.54, 1.807) is 37.1 Å². The Morgan fingerprint density at radius 1 is 1.36 bits per heavy atom. The minimum Gasteiger partial charge on any atom is -0.478 e. The highest BCUT2D eigenvalue weighted by Crippen LogP contribution is 2.29. The highest BCUT2D eigenvalue weighted by molar-refractivity contribution is 6.34. The van der Waals surface area contributed by atoms with Gasteiger partial charge in [-0.25, -0.2) is 4.79 Å². The minimum atomic E-state index is -0.942. The zero-order valence-electron chi connectivity index (χ0n) is 14.2. The number of aryl methyl sites for hydroxylation is 2. The van der Waals surface area contributed by atoms with Crippen LogP contribution in [0.1, 0.15) is 50.9 Å². The van der Waals surface area contributed by atoms with Gasteiger partial charge >= 0.3 is 5.97 Å². The summed E-state index contributed by atoms with van der Waals surface area (Å²) in [6.45, 7) is 2.98. The predicted molar refractivity (Wildman–Crippen MR) is 94.2 cm³/mol. The van der Waals surface area contributed by atoms with E-state index in [0.29, 0.717) is 29.5 Å². The van der Waals surface area contributed by atoms with E-state index in [9.17, 15) is 14.7 Å². The topological polar surface area (TPSA) is 75.4 Å². The number of benzene rings is 1. The largest absolute Gasteiger partial charge is 0.478 e. The first kappa shape index (κ1) is 17.5. The van der Waals surface area contributed by atoms with Crippen molar-refractivity contribution in [3.63, 3.8) is 0 Å². The third kappa shape index (κ3) is 3.39. The predicted octanol–water partition coefficient (Wildman–Crippen LogP) is 3.10. The number of likely N-dealkylation sites (tertiary alicyclic amines) is 1. The maximum absolute atomic E-state index is 12.9. The smallest absolute Gasteiger partial charge is 0.335 e. The summed E-state index contributed by atoms with van der Waals surface area (Å²) >= 11 is 6.24. The summed E-state index contributed by atoms with van der Waals surface area (Å²) in [5, 5.41) is 13.8. The van der Waals surface area contributed by atoms with Crippen molar-refractivity contribution in [3.8, 4) is 0 Å². The first-order valence-corrected chi connectivity index (χ1v) is 8.58. The lowest BCUT2D eigenvalue weighted by molar-refractivity contribution is 0.0683. The summed E-state index contributed by atoms with van der Waals surface area (Å²) in [7, 11) is 1.71. The molecule has 0 aliphatic carbocycles. The van der Waals surface area contributed by atoms with Crippen molar-refractivity contribution in [2.45, 2.75) is 25.7 Å². The van der Waals surface area contributed by atoms with Gasteiger partial charge in [0.05, 0.1) is 16.3 Å². The van der Waals surface area contributed by atoms with Gasteiger partial charge in [-0.15, -0.1) is 0 Å². The van der Waals surface area contributed by atoms with Gasteiger partial charge in [0.25, 0.3) is 5.91 Å². The Morgan fingerprint density at radius 3 is 2.76 bits per heavy atom. The molecular formula is C18H20ClN3O3. The fraction of sp³-hybridized carbons (Fsp3) is 0.389. The molecule has 0 spiro atoms. The summed E-state index contributed by atoms with van der Waals surface area (Å²) in [5.41, 5.74) is 2.25. The van der Waals surface area contributed by atoms with Crippen molar-refractivity contribution < 1.29 is 14.7 Å². The molecule has 1 N–H and O–H groups in total. The van der Waals surface area contributed by atoms with E-state index in [0.717, 1.165) is 18.4 Å². The van der Waals surface area contributed by atoms with Gasteiger partial charge in [-0.2, -0.15) is 5.10 Å². The van der Waals surface area contributed by atoms with Crippen LogP contribution < -0.4 is 0 Å². The van der Waals surface area contributed by atoms with E-state index in [1.165, 1.54) is 4.68 Å². The van der Waals surface area contributed by atoms with Gasteiger partial charge in [-0.05, 0) is 37.5 Å². The average molecular weight is 362 g/mol. The van der Waals surface area contributed by atoms with E-state index in [1.807, 2.05) is 6.07 Å². The van der Waals surface area contributed by atoms with Crippen LogP contribution in [0.15, 0.2) is 24.3 Å². The number of amides is 1. The number of carbonyl (C=O) groups excluding carboxylic acids is 1. The zero-order chi connectivity index (χ0) is 18.1. The molecule has 132 valence electrons. The van der Waals surface area contributed by atoms with Crippen LogP contribution >= 0.6 is 11.6 Å². The Morgan fingerprint density at radius 2 is 2.12 bits per heavy atom. The molecular weight excluding hydrogens is 342 g/mol. The number of halogens is 1. The summed E-state index contributed by atoms with van der Waals surface area (Å²) in [6.07, 6.45) is 1.78. The number of carbonyl (C=O) groups is 2. The Labute approximate surface area is 151 Å². The second-order valence-electron chi connectivity index (χ2n) is 6.39. The Kier molecular flexibility index (Phi) is 4.81.